The van der Waals surface area contributed by atoms with Crippen molar-refractivity contribution in [3.05, 3.63) is 95.8 Å². The summed E-state index contributed by atoms with van der Waals surface area (Å²) in [6, 6.07) is 26.1. The summed E-state index contributed by atoms with van der Waals surface area (Å²) in [6.45, 7) is 2.08. The lowest BCUT2D eigenvalue weighted by molar-refractivity contribution is 0.0959. The molecule has 4 heteroatoms. The third kappa shape index (κ3) is 3.96. The second-order valence-electron chi connectivity index (χ2n) is 6.55. The lowest BCUT2D eigenvalue weighted by Gasteiger charge is -2.15. The van der Waals surface area contributed by atoms with Crippen LogP contribution in [0.5, 0.6) is 0 Å². The van der Waals surface area contributed by atoms with E-state index in [2.05, 4.69) is 41.2 Å². The molecule has 0 spiro atoms. The van der Waals surface area contributed by atoms with Crippen molar-refractivity contribution in [3.8, 4) is 0 Å². The molecule has 134 valence electrons. The third-order valence-electron chi connectivity index (χ3n) is 4.58. The van der Waals surface area contributed by atoms with E-state index in [9.17, 15) is 4.79 Å². The Labute approximate surface area is 162 Å². The van der Waals surface area contributed by atoms with Gasteiger partial charge in [-0.25, -0.2) is 4.98 Å². The largest absolute Gasteiger partial charge is 0.335 e. The van der Waals surface area contributed by atoms with Crippen LogP contribution in [-0.2, 0) is 0 Å². The summed E-state index contributed by atoms with van der Waals surface area (Å²) in [7, 11) is 0. The van der Waals surface area contributed by atoms with Crippen LogP contribution in [0.2, 0.25) is 0 Å². The van der Waals surface area contributed by atoms with Crippen LogP contribution in [-0.4, -0.2) is 21.5 Å². The molecule has 0 bridgehead atoms. The molecular weight excluding hydrogens is 352 g/mol. The predicted molar refractivity (Wildman–Crippen MR) is 112 cm³/mol. The molecular formula is C23H20N2OS. The van der Waals surface area contributed by atoms with E-state index >= 15 is 0 Å². The zero-order valence-corrected chi connectivity index (χ0v) is 15.9. The Kier molecular flexibility index (Phi) is 5.07. The summed E-state index contributed by atoms with van der Waals surface area (Å²) >= 11 is 1.70. The molecule has 0 saturated carbocycles. The molecule has 0 fully saturated rings. The van der Waals surface area contributed by atoms with Gasteiger partial charge in [-0.3, -0.25) is 4.79 Å². The minimum Gasteiger partial charge on any atom is -0.335 e. The lowest BCUT2D eigenvalue weighted by atomic mass is 9.96. The van der Waals surface area contributed by atoms with Crippen molar-refractivity contribution in [1.82, 2.24) is 9.97 Å². The first kappa shape index (κ1) is 17.6. The molecule has 0 saturated heterocycles. The monoisotopic (exact) mass is 372 g/mol. The Morgan fingerprint density at radius 1 is 0.963 bits per heavy atom. The number of rotatable bonds is 6. The average molecular weight is 372 g/mol. The summed E-state index contributed by atoms with van der Waals surface area (Å²) in [5, 5.41) is 0. The zero-order valence-electron chi connectivity index (χ0n) is 15.1. The Hall–Kier alpha value is -2.85. The van der Waals surface area contributed by atoms with E-state index in [1.54, 1.807) is 11.8 Å². The molecule has 27 heavy (non-hydrogen) atoms. The number of H-pyrrole nitrogens is 1. The number of para-hydroxylation sites is 2. The lowest BCUT2D eigenvalue weighted by Crippen LogP contribution is -2.17. The van der Waals surface area contributed by atoms with E-state index in [1.165, 1.54) is 10.5 Å². The van der Waals surface area contributed by atoms with Gasteiger partial charge in [-0.2, -0.15) is 0 Å². The highest BCUT2D eigenvalue weighted by atomic mass is 32.2. The molecule has 4 rings (SSSR count). The molecule has 0 radical (unpaired) electrons. The maximum Gasteiger partial charge on any atom is 0.206 e. The fraction of sp³-hybridized carbons (Fsp3) is 0.130. The highest BCUT2D eigenvalue weighted by Gasteiger charge is 2.25. The van der Waals surface area contributed by atoms with Crippen molar-refractivity contribution in [2.45, 2.75) is 17.7 Å². The van der Waals surface area contributed by atoms with E-state index in [4.69, 9.17) is 0 Å². The van der Waals surface area contributed by atoms with Crippen molar-refractivity contribution in [2.75, 3.05) is 5.75 Å². The number of aromatic amines is 1. The van der Waals surface area contributed by atoms with Crippen LogP contribution in [0.15, 0.2) is 83.8 Å². The van der Waals surface area contributed by atoms with Gasteiger partial charge in [0.05, 0.1) is 17.0 Å². The van der Waals surface area contributed by atoms with Gasteiger partial charge in [-0.05, 0) is 36.8 Å². The first-order valence-corrected chi connectivity index (χ1v) is 9.92. The van der Waals surface area contributed by atoms with Crippen LogP contribution >= 0.6 is 11.8 Å². The van der Waals surface area contributed by atoms with Crippen LogP contribution in [0.1, 0.15) is 27.7 Å². The number of aromatic nitrogens is 2. The Bertz CT molecular complexity index is 1020. The number of benzene rings is 3. The quantitative estimate of drug-likeness (QED) is 0.352. The maximum absolute atomic E-state index is 13.3. The molecule has 0 amide bonds. The Balaban J connectivity index is 1.62. The summed E-state index contributed by atoms with van der Waals surface area (Å²) in [4.78, 5) is 22.1. The number of ketones is 1. The van der Waals surface area contributed by atoms with E-state index in [0.29, 0.717) is 11.6 Å². The molecule has 1 unspecified atom stereocenters. The molecule has 1 N–H and O–H groups in total. The molecule has 3 nitrogen and oxygen atoms in total. The van der Waals surface area contributed by atoms with Gasteiger partial charge in [-0.15, -0.1) is 11.8 Å². The number of nitrogens with zero attached hydrogens (tertiary/aromatic N) is 1. The SMILES string of the molecule is Cc1ccc(SCC(C(=O)c2nc3ccccc3[nH]2)c2ccccc2)cc1. The van der Waals surface area contributed by atoms with Gasteiger partial charge in [0.15, 0.2) is 5.82 Å². The minimum absolute atomic E-state index is 0.0250. The fourth-order valence-corrected chi connectivity index (χ4v) is 4.09. The van der Waals surface area contributed by atoms with Crippen LogP contribution in [0.25, 0.3) is 11.0 Å². The molecule has 0 aliphatic rings. The number of thioether (sulfide) groups is 1. The van der Waals surface area contributed by atoms with Crippen molar-refractivity contribution in [1.29, 1.82) is 0 Å². The predicted octanol–water partition coefficient (Wildman–Crippen LogP) is 5.63. The Morgan fingerprint density at radius 3 is 2.41 bits per heavy atom. The highest BCUT2D eigenvalue weighted by Crippen LogP contribution is 2.29. The van der Waals surface area contributed by atoms with Gasteiger partial charge >= 0.3 is 0 Å². The van der Waals surface area contributed by atoms with E-state index in [-0.39, 0.29) is 11.7 Å². The minimum atomic E-state index is -0.252. The number of carbonyl (C=O) groups excluding carboxylic acids is 1. The first-order chi connectivity index (χ1) is 13.2. The van der Waals surface area contributed by atoms with E-state index < -0.39 is 0 Å². The number of aryl methyl sites for hydroxylation is 1. The number of nitrogens with one attached hydrogen (secondary N) is 1. The Morgan fingerprint density at radius 2 is 1.67 bits per heavy atom. The molecule has 4 aromatic rings. The van der Waals surface area contributed by atoms with Crippen LogP contribution < -0.4 is 0 Å². The number of hydrogen-bond acceptors (Lipinski definition) is 3. The van der Waals surface area contributed by atoms with Crippen LogP contribution in [0, 0.1) is 6.92 Å². The van der Waals surface area contributed by atoms with Gasteiger partial charge in [0.2, 0.25) is 5.78 Å². The van der Waals surface area contributed by atoms with Crippen molar-refractivity contribution in [3.63, 3.8) is 0 Å². The number of fused-ring (bicyclic) bond motifs is 1. The van der Waals surface area contributed by atoms with Crippen molar-refractivity contribution in [2.24, 2.45) is 0 Å². The van der Waals surface area contributed by atoms with Crippen LogP contribution in [0.3, 0.4) is 0 Å². The molecule has 1 aromatic heterocycles. The maximum atomic E-state index is 13.3. The third-order valence-corrected chi connectivity index (χ3v) is 5.68. The first-order valence-electron chi connectivity index (χ1n) is 8.94. The van der Waals surface area contributed by atoms with Crippen LogP contribution in [0.4, 0.5) is 0 Å². The van der Waals surface area contributed by atoms with Crippen molar-refractivity contribution < 1.29 is 4.79 Å². The highest BCUT2D eigenvalue weighted by molar-refractivity contribution is 7.99. The zero-order chi connectivity index (χ0) is 18.6. The van der Waals surface area contributed by atoms with Crippen molar-refractivity contribution >= 4 is 28.6 Å². The number of carbonyl (C=O) groups is 1. The van der Waals surface area contributed by atoms with E-state index in [1.807, 2.05) is 54.6 Å². The second-order valence-corrected chi connectivity index (χ2v) is 7.65. The topological polar surface area (TPSA) is 45.8 Å². The standard InChI is InChI=1S/C23H20N2OS/c1-16-11-13-18(14-12-16)27-15-19(17-7-3-2-4-8-17)22(26)23-24-20-9-5-6-10-21(20)25-23/h2-14,19H,15H2,1H3,(H,24,25). The molecule has 3 aromatic carbocycles. The second kappa shape index (κ2) is 7.80. The van der Waals surface area contributed by atoms with Gasteiger partial charge in [0.25, 0.3) is 0 Å². The summed E-state index contributed by atoms with van der Waals surface area (Å²) < 4.78 is 0. The van der Waals surface area contributed by atoms with Gasteiger partial charge in [0, 0.05) is 10.6 Å². The number of imidazole rings is 1. The molecule has 1 heterocycles. The van der Waals surface area contributed by atoms with E-state index in [0.717, 1.165) is 16.6 Å². The summed E-state index contributed by atoms with van der Waals surface area (Å²) in [6.07, 6.45) is 0. The average Bonchev–Trinajstić information content (AvgIpc) is 3.14. The normalized spacial score (nSPS) is 12.2. The summed E-state index contributed by atoms with van der Waals surface area (Å²) in [5.41, 5.74) is 3.96. The molecule has 0 aliphatic carbocycles. The molecule has 0 aliphatic heterocycles. The number of hydrogen-bond donors (Lipinski definition) is 1. The van der Waals surface area contributed by atoms with Gasteiger partial charge in [0.1, 0.15) is 0 Å². The van der Waals surface area contributed by atoms with Gasteiger partial charge in [-0.1, -0.05) is 60.2 Å². The fourth-order valence-electron chi connectivity index (χ4n) is 3.06. The molecule has 1 atom stereocenters. The number of Topliss-reactive ketones (excluding diaryl/α,β-unsaturated/α-hetero) is 1. The van der Waals surface area contributed by atoms with Gasteiger partial charge < -0.3 is 4.98 Å². The smallest absolute Gasteiger partial charge is 0.206 e. The summed E-state index contributed by atoms with van der Waals surface area (Å²) in [5.74, 6) is 0.868.